The van der Waals surface area contributed by atoms with Gasteiger partial charge in [-0.3, -0.25) is 0 Å². The number of hydrogen-bond donors (Lipinski definition) is 2. The summed E-state index contributed by atoms with van der Waals surface area (Å²) < 4.78 is 5.40. The van der Waals surface area contributed by atoms with Crippen molar-refractivity contribution in [3.05, 3.63) is 0 Å². The maximum atomic E-state index is 12.0. The van der Waals surface area contributed by atoms with E-state index in [1.807, 2.05) is 25.7 Å². The van der Waals surface area contributed by atoms with E-state index >= 15 is 0 Å². The first-order chi connectivity index (χ1) is 8.33. The lowest BCUT2D eigenvalue weighted by Gasteiger charge is -2.40. The van der Waals surface area contributed by atoms with Crippen molar-refractivity contribution in [1.82, 2.24) is 4.90 Å². The van der Waals surface area contributed by atoms with Crippen LogP contribution in [0.3, 0.4) is 0 Å². The second-order valence-electron chi connectivity index (χ2n) is 6.45. The van der Waals surface area contributed by atoms with Crippen LogP contribution in [-0.4, -0.2) is 46.9 Å². The van der Waals surface area contributed by atoms with Gasteiger partial charge < -0.3 is 20.5 Å². The predicted octanol–water partition coefficient (Wildman–Crippen LogP) is 0.952. The molecule has 5 nitrogen and oxygen atoms in total. The molecule has 2 heterocycles. The van der Waals surface area contributed by atoms with Crippen molar-refractivity contribution in [3.63, 3.8) is 0 Å². The summed E-state index contributed by atoms with van der Waals surface area (Å²) in [6.07, 6.45) is 1.41. The van der Waals surface area contributed by atoms with Gasteiger partial charge in [-0.05, 0) is 45.4 Å². The molecule has 5 heteroatoms. The molecule has 2 unspecified atom stereocenters. The summed E-state index contributed by atoms with van der Waals surface area (Å²) in [5.41, 5.74) is 5.61. The van der Waals surface area contributed by atoms with Crippen LogP contribution in [0.25, 0.3) is 0 Å². The monoisotopic (exact) mass is 256 g/mol. The molecule has 2 bridgehead atoms. The van der Waals surface area contributed by atoms with Crippen molar-refractivity contribution in [2.45, 2.75) is 51.3 Å². The van der Waals surface area contributed by atoms with Gasteiger partial charge in [0.05, 0.1) is 0 Å². The lowest BCUT2D eigenvalue weighted by Crippen LogP contribution is -2.50. The zero-order valence-corrected chi connectivity index (χ0v) is 11.4. The molecule has 3 aliphatic rings. The Hall–Kier alpha value is -0.810. The van der Waals surface area contributed by atoms with E-state index in [4.69, 9.17) is 15.6 Å². The highest BCUT2D eigenvalue weighted by molar-refractivity contribution is 5.69. The van der Waals surface area contributed by atoms with E-state index in [0.29, 0.717) is 18.3 Å². The first-order valence-corrected chi connectivity index (χ1v) is 6.69. The summed E-state index contributed by atoms with van der Waals surface area (Å²) in [5.74, 6) is 0.828. The summed E-state index contributed by atoms with van der Waals surface area (Å²) >= 11 is 0. The molecular weight excluding hydrogens is 232 g/mol. The third-order valence-electron chi connectivity index (χ3n) is 3.95. The Bertz CT molecular complexity index is 327. The molecule has 0 spiro atoms. The highest BCUT2D eigenvalue weighted by Crippen LogP contribution is 2.48. The number of fused-ring (bicyclic) bond motifs is 1. The first kappa shape index (κ1) is 13.6. The van der Waals surface area contributed by atoms with E-state index in [2.05, 4.69) is 0 Å². The van der Waals surface area contributed by atoms with E-state index in [1.165, 1.54) is 0 Å². The average molecular weight is 256 g/mol. The zero-order chi connectivity index (χ0) is 13.5. The molecule has 3 fully saturated rings. The fourth-order valence-corrected chi connectivity index (χ4v) is 3.17. The Labute approximate surface area is 108 Å². The maximum absolute atomic E-state index is 12.0. The molecule has 0 aromatic carbocycles. The first-order valence-electron chi connectivity index (χ1n) is 6.69. The van der Waals surface area contributed by atoms with Gasteiger partial charge in [0.25, 0.3) is 0 Å². The number of carbonyl (C=O) groups is 1. The topological polar surface area (TPSA) is 75.8 Å². The van der Waals surface area contributed by atoms with E-state index in [1.54, 1.807) is 0 Å². The van der Waals surface area contributed by atoms with Gasteiger partial charge in [0.15, 0.2) is 0 Å². The molecule has 0 aromatic heterocycles. The lowest BCUT2D eigenvalue weighted by molar-refractivity contribution is 0.0181. The fraction of sp³-hybridized carbons (Fsp3) is 0.923. The van der Waals surface area contributed by atoms with E-state index in [-0.39, 0.29) is 24.8 Å². The summed E-state index contributed by atoms with van der Waals surface area (Å²) in [5, 5.41) is 8.94. The zero-order valence-electron chi connectivity index (χ0n) is 11.4. The smallest absolute Gasteiger partial charge is 0.410 e. The van der Waals surface area contributed by atoms with Crippen LogP contribution in [0.4, 0.5) is 4.79 Å². The van der Waals surface area contributed by atoms with Crippen molar-refractivity contribution in [3.8, 4) is 0 Å². The average Bonchev–Trinajstić information content (AvgIpc) is 2.71. The number of hydrogen-bond acceptors (Lipinski definition) is 4. The Kier molecular flexibility index (Phi) is 3.56. The van der Waals surface area contributed by atoms with Gasteiger partial charge in [0.1, 0.15) is 5.60 Å². The second kappa shape index (κ2) is 4.70. The number of carbonyl (C=O) groups excluding carboxylic acids is 1. The van der Waals surface area contributed by atoms with Gasteiger partial charge in [-0.25, -0.2) is 4.79 Å². The van der Waals surface area contributed by atoms with Crippen molar-refractivity contribution >= 4 is 6.09 Å². The minimum atomic E-state index is -0.452. The number of ether oxygens (including phenoxy) is 1. The predicted molar refractivity (Wildman–Crippen MR) is 68.0 cm³/mol. The van der Waals surface area contributed by atoms with Crippen molar-refractivity contribution in [1.29, 1.82) is 0 Å². The SMILES string of the molecule is CC(C)(C)OC(=O)N1C[C@@H]2C[C@H]1C2C(N)CCO. The van der Waals surface area contributed by atoms with Crippen LogP contribution in [0.15, 0.2) is 0 Å². The third-order valence-corrected chi connectivity index (χ3v) is 3.95. The second-order valence-corrected chi connectivity index (χ2v) is 6.45. The molecule has 1 amide bonds. The quantitative estimate of drug-likeness (QED) is 0.788. The van der Waals surface area contributed by atoms with Crippen LogP contribution in [0.1, 0.15) is 33.6 Å². The van der Waals surface area contributed by atoms with Gasteiger partial charge in [0, 0.05) is 25.2 Å². The molecule has 18 heavy (non-hydrogen) atoms. The van der Waals surface area contributed by atoms with E-state index in [9.17, 15) is 4.79 Å². The number of rotatable bonds is 3. The van der Waals surface area contributed by atoms with Crippen molar-refractivity contribution in [2.75, 3.05) is 13.2 Å². The van der Waals surface area contributed by atoms with Crippen molar-refractivity contribution in [2.24, 2.45) is 17.6 Å². The Morgan fingerprint density at radius 3 is 2.78 bits per heavy atom. The van der Waals surface area contributed by atoms with E-state index in [0.717, 1.165) is 13.0 Å². The minimum absolute atomic E-state index is 0.00816. The molecule has 1 saturated carbocycles. The summed E-state index contributed by atoms with van der Waals surface area (Å²) in [4.78, 5) is 13.9. The molecule has 3 rings (SSSR count). The largest absolute Gasteiger partial charge is 0.444 e. The molecule has 1 aliphatic carbocycles. The Balaban J connectivity index is 1.93. The van der Waals surface area contributed by atoms with Crippen LogP contribution >= 0.6 is 0 Å². The molecule has 104 valence electrons. The van der Waals surface area contributed by atoms with Crippen LogP contribution in [0, 0.1) is 11.8 Å². The normalized spacial score (nSPS) is 32.1. The number of nitrogens with two attached hydrogens (primary N) is 1. The highest BCUT2D eigenvalue weighted by atomic mass is 16.6. The number of aliphatic hydroxyl groups is 1. The van der Waals surface area contributed by atoms with Gasteiger partial charge in [-0.15, -0.1) is 0 Å². The summed E-state index contributed by atoms with van der Waals surface area (Å²) in [6, 6.07) is 0.206. The molecule has 3 N–H and O–H groups in total. The number of nitrogens with zero attached hydrogens (tertiary/aromatic N) is 1. The molecule has 2 aliphatic heterocycles. The summed E-state index contributed by atoms with van der Waals surface area (Å²) in [6.45, 7) is 6.49. The standard InChI is InChI=1S/C13H24N2O3/c1-13(2,3)18-12(17)15-7-8-6-10(15)11(8)9(14)4-5-16/h8-11,16H,4-7,14H2,1-3H3/t8-,9?,10-,11?/m0/s1. The van der Waals surface area contributed by atoms with Crippen LogP contribution in [0.5, 0.6) is 0 Å². The fourth-order valence-electron chi connectivity index (χ4n) is 3.17. The maximum Gasteiger partial charge on any atom is 0.410 e. The van der Waals surface area contributed by atoms with Crippen molar-refractivity contribution < 1.29 is 14.6 Å². The molecular formula is C13H24N2O3. The molecule has 0 aromatic rings. The van der Waals surface area contributed by atoms with Gasteiger partial charge in [-0.2, -0.15) is 0 Å². The highest BCUT2D eigenvalue weighted by Gasteiger charge is 2.56. The lowest BCUT2D eigenvalue weighted by atomic mass is 9.69. The van der Waals surface area contributed by atoms with Gasteiger partial charge in [0.2, 0.25) is 0 Å². The van der Waals surface area contributed by atoms with Gasteiger partial charge >= 0.3 is 6.09 Å². The molecule has 0 radical (unpaired) electrons. The number of aliphatic hydroxyl groups excluding tert-OH is 1. The minimum Gasteiger partial charge on any atom is -0.444 e. The van der Waals surface area contributed by atoms with E-state index < -0.39 is 5.60 Å². The Morgan fingerprint density at radius 2 is 2.22 bits per heavy atom. The molecule has 2 saturated heterocycles. The Morgan fingerprint density at radius 1 is 1.56 bits per heavy atom. The van der Waals surface area contributed by atoms with Crippen LogP contribution < -0.4 is 5.73 Å². The van der Waals surface area contributed by atoms with Crippen LogP contribution in [0.2, 0.25) is 0 Å². The molecule has 4 atom stereocenters. The number of amides is 1. The van der Waals surface area contributed by atoms with Crippen LogP contribution in [-0.2, 0) is 4.74 Å². The third kappa shape index (κ3) is 2.47. The van der Waals surface area contributed by atoms with Gasteiger partial charge in [-0.1, -0.05) is 0 Å². The summed E-state index contributed by atoms with van der Waals surface area (Å²) in [7, 11) is 0.